The zero-order chi connectivity index (χ0) is 30.2. The lowest BCUT2D eigenvalue weighted by atomic mass is 9.77. The Balaban J connectivity index is 0.00000198. The van der Waals surface area contributed by atoms with E-state index in [0.29, 0.717) is 12.5 Å². The van der Waals surface area contributed by atoms with Crippen LogP contribution in [0.3, 0.4) is 0 Å². The maximum absolute atomic E-state index is 13.6. The van der Waals surface area contributed by atoms with Gasteiger partial charge < -0.3 is 14.8 Å². The number of benzene rings is 1. The molecule has 1 aromatic carbocycles. The Hall–Kier alpha value is -2.44. The molecule has 0 radical (unpaired) electrons. The molecule has 0 spiro atoms. The second kappa shape index (κ2) is 14.8. The van der Waals surface area contributed by atoms with Gasteiger partial charge in [0.25, 0.3) is 0 Å². The van der Waals surface area contributed by atoms with E-state index < -0.39 is 5.60 Å². The summed E-state index contributed by atoms with van der Waals surface area (Å²) in [5.41, 5.74) is 4.33. The quantitative estimate of drug-likeness (QED) is 0.219. The first-order valence-electron chi connectivity index (χ1n) is 16.6. The summed E-state index contributed by atoms with van der Waals surface area (Å²) in [5.74, 6) is 1.62. The number of likely N-dealkylation sites (tertiary alicyclic amines) is 1. The highest BCUT2D eigenvalue weighted by atomic mass is 16.6. The van der Waals surface area contributed by atoms with E-state index in [1.807, 2.05) is 34.6 Å². The van der Waals surface area contributed by atoms with E-state index in [2.05, 4.69) is 53.5 Å². The lowest BCUT2D eigenvalue weighted by molar-refractivity contribution is -0.165. The van der Waals surface area contributed by atoms with Gasteiger partial charge in [0, 0.05) is 37.4 Å². The van der Waals surface area contributed by atoms with E-state index in [-0.39, 0.29) is 17.4 Å². The number of ether oxygens (including phenoxy) is 2. The summed E-state index contributed by atoms with van der Waals surface area (Å²) in [6.07, 6.45) is 10.6. The summed E-state index contributed by atoms with van der Waals surface area (Å²) in [4.78, 5) is 20.8. The first-order chi connectivity index (χ1) is 20.2. The minimum atomic E-state index is -0.514. The van der Waals surface area contributed by atoms with Crippen LogP contribution in [0.4, 0.5) is 5.82 Å². The molecule has 42 heavy (non-hydrogen) atoms. The molecule has 4 heterocycles. The largest absolute Gasteiger partial charge is 0.459 e. The maximum atomic E-state index is 13.6. The van der Waals surface area contributed by atoms with Gasteiger partial charge in [-0.05, 0) is 88.0 Å². The highest BCUT2D eigenvalue weighted by Gasteiger charge is 2.42. The summed E-state index contributed by atoms with van der Waals surface area (Å²) >= 11 is 0. The number of carbonyl (C=O) groups excluding carboxylic acids is 1. The molecular weight excluding hydrogens is 522 g/mol. The summed E-state index contributed by atoms with van der Waals surface area (Å²) in [6, 6.07) is 12.6. The first-order valence-corrected chi connectivity index (χ1v) is 16.6. The molecule has 2 aromatic rings. The fraction of sp³-hybridized carbons (Fsp3) is 0.667. The monoisotopic (exact) mass is 577 g/mol. The first kappa shape index (κ1) is 32.5. The average Bonchev–Trinajstić information content (AvgIpc) is 3.40. The van der Waals surface area contributed by atoms with Gasteiger partial charge in [-0.25, -0.2) is 9.78 Å². The van der Waals surface area contributed by atoms with Crippen LogP contribution in [0.2, 0.25) is 0 Å². The van der Waals surface area contributed by atoms with Crippen molar-refractivity contribution >= 4 is 11.8 Å². The molecule has 2 fully saturated rings. The number of anilines is 1. The van der Waals surface area contributed by atoms with Crippen LogP contribution in [0.25, 0.3) is 0 Å². The zero-order valence-corrected chi connectivity index (χ0v) is 27.1. The molecule has 2 unspecified atom stereocenters. The third-order valence-corrected chi connectivity index (χ3v) is 8.85. The highest BCUT2D eigenvalue weighted by molar-refractivity contribution is 5.79. The fourth-order valence-corrected chi connectivity index (χ4v) is 6.60. The van der Waals surface area contributed by atoms with Crippen molar-refractivity contribution < 1.29 is 14.3 Å². The number of unbranched alkanes of at least 4 members (excludes halogenated alkanes) is 3. The number of pyridine rings is 1. The molecule has 0 aliphatic carbocycles. The van der Waals surface area contributed by atoms with Crippen LogP contribution in [0, 0.1) is 5.92 Å². The van der Waals surface area contributed by atoms with E-state index in [1.165, 1.54) is 55.3 Å². The smallest absolute Gasteiger partial charge is 0.328 e. The van der Waals surface area contributed by atoms with Gasteiger partial charge in [0.15, 0.2) is 0 Å². The number of aryl methyl sites for hydroxylation is 2. The van der Waals surface area contributed by atoms with Crippen molar-refractivity contribution in [1.29, 1.82) is 0 Å². The minimum absolute atomic E-state index is 0.0632. The van der Waals surface area contributed by atoms with Crippen LogP contribution in [0.15, 0.2) is 36.4 Å². The Morgan fingerprint density at radius 3 is 2.62 bits per heavy atom. The van der Waals surface area contributed by atoms with Gasteiger partial charge in [0.2, 0.25) is 0 Å². The molecule has 6 nitrogen and oxygen atoms in total. The van der Waals surface area contributed by atoms with Gasteiger partial charge in [-0.1, -0.05) is 70.4 Å². The van der Waals surface area contributed by atoms with Crippen molar-refractivity contribution in [3.63, 3.8) is 0 Å². The molecule has 1 N–H and O–H groups in total. The third kappa shape index (κ3) is 8.35. The Bertz CT molecular complexity index is 1150. The molecule has 0 saturated carbocycles. The second-order valence-corrected chi connectivity index (χ2v) is 13.5. The van der Waals surface area contributed by atoms with Gasteiger partial charge in [-0.3, -0.25) is 4.90 Å². The van der Waals surface area contributed by atoms with Crippen molar-refractivity contribution in [2.24, 2.45) is 5.92 Å². The number of carbonyl (C=O) groups is 1. The molecular formula is C36H55N3O3. The summed E-state index contributed by atoms with van der Waals surface area (Å²) in [5, 5.41) is 3.45. The number of fused-ring (bicyclic) bond motifs is 1. The Labute approximate surface area is 255 Å². The summed E-state index contributed by atoms with van der Waals surface area (Å²) < 4.78 is 11.8. The number of hydrogen-bond acceptors (Lipinski definition) is 6. The molecule has 5 rings (SSSR count). The third-order valence-electron chi connectivity index (χ3n) is 8.85. The van der Waals surface area contributed by atoms with Gasteiger partial charge in [-0.2, -0.15) is 0 Å². The standard InChI is InChI=1S/C34H49N3O3.C2H6/c1-33(2,3)40-32(38)30(28-15-9-10-16-29(28)34(4)19-21-39-24-34)37-22-25(23-37)12-7-5-6-8-14-27-18-17-26-13-11-20-35-31(26)36-27;1-2/h9-10,15-18,25,30H,5-8,11-14,19-24H2,1-4H3,(H,35,36);1-2H3. The van der Waals surface area contributed by atoms with Crippen LogP contribution >= 0.6 is 0 Å². The number of esters is 1. The molecule has 0 bridgehead atoms. The van der Waals surface area contributed by atoms with Gasteiger partial charge in [-0.15, -0.1) is 0 Å². The van der Waals surface area contributed by atoms with Crippen molar-refractivity contribution in [3.05, 3.63) is 58.8 Å². The van der Waals surface area contributed by atoms with E-state index in [0.717, 1.165) is 56.9 Å². The van der Waals surface area contributed by atoms with Crippen LogP contribution in [0.5, 0.6) is 0 Å². The number of rotatable bonds is 11. The van der Waals surface area contributed by atoms with E-state index in [4.69, 9.17) is 14.5 Å². The topological polar surface area (TPSA) is 63.7 Å². The summed E-state index contributed by atoms with van der Waals surface area (Å²) in [6.45, 7) is 16.6. The number of hydrogen-bond donors (Lipinski definition) is 1. The molecule has 2 saturated heterocycles. The molecule has 232 valence electrons. The van der Waals surface area contributed by atoms with E-state index in [9.17, 15) is 4.79 Å². The Morgan fingerprint density at radius 2 is 1.88 bits per heavy atom. The number of aromatic nitrogens is 1. The van der Waals surface area contributed by atoms with Gasteiger partial charge >= 0.3 is 5.97 Å². The highest BCUT2D eigenvalue weighted by Crippen LogP contribution is 2.41. The summed E-state index contributed by atoms with van der Waals surface area (Å²) in [7, 11) is 0. The normalized spacial score (nSPS) is 21.4. The molecule has 3 aliphatic heterocycles. The van der Waals surface area contributed by atoms with E-state index >= 15 is 0 Å². The molecule has 3 aliphatic rings. The Kier molecular flexibility index (Phi) is 11.5. The predicted molar refractivity (Wildman–Crippen MR) is 172 cm³/mol. The van der Waals surface area contributed by atoms with Crippen LogP contribution in [-0.4, -0.2) is 54.3 Å². The van der Waals surface area contributed by atoms with Crippen LogP contribution in [-0.2, 0) is 32.5 Å². The van der Waals surface area contributed by atoms with E-state index in [1.54, 1.807) is 0 Å². The Morgan fingerprint density at radius 1 is 1.12 bits per heavy atom. The molecule has 0 amide bonds. The van der Waals surface area contributed by atoms with Crippen molar-refractivity contribution in [2.45, 2.75) is 116 Å². The average molecular weight is 578 g/mol. The van der Waals surface area contributed by atoms with Crippen molar-refractivity contribution in [2.75, 3.05) is 38.2 Å². The predicted octanol–water partition coefficient (Wildman–Crippen LogP) is 7.65. The molecule has 6 heteroatoms. The molecule has 1 aromatic heterocycles. The zero-order valence-electron chi connectivity index (χ0n) is 27.1. The number of nitrogens with one attached hydrogen (secondary N) is 1. The van der Waals surface area contributed by atoms with Gasteiger partial charge in [0.05, 0.1) is 6.61 Å². The number of nitrogens with zero attached hydrogens (tertiary/aromatic N) is 2. The van der Waals surface area contributed by atoms with Gasteiger partial charge in [0.1, 0.15) is 17.5 Å². The van der Waals surface area contributed by atoms with Crippen molar-refractivity contribution in [3.8, 4) is 0 Å². The molecule has 2 atom stereocenters. The second-order valence-electron chi connectivity index (χ2n) is 13.5. The van der Waals surface area contributed by atoms with Crippen LogP contribution < -0.4 is 5.32 Å². The van der Waals surface area contributed by atoms with Crippen LogP contribution in [0.1, 0.15) is 115 Å². The SMILES string of the molecule is CC.CC(C)(C)OC(=O)C(c1ccccc1C1(C)CCOC1)N1CC(CCCCCCc2ccc3c(n2)NCCC3)C1. The lowest BCUT2D eigenvalue weighted by Gasteiger charge is -2.45. The van der Waals surface area contributed by atoms with Crippen molar-refractivity contribution in [1.82, 2.24) is 9.88 Å². The lowest BCUT2D eigenvalue weighted by Crippen LogP contribution is -2.52. The minimum Gasteiger partial charge on any atom is -0.459 e. The maximum Gasteiger partial charge on any atom is 0.328 e. The fourth-order valence-electron chi connectivity index (χ4n) is 6.60.